The third-order valence-corrected chi connectivity index (χ3v) is 2.00. The Labute approximate surface area is 79.7 Å². The molecule has 0 aromatic heterocycles. The van der Waals surface area contributed by atoms with Crippen LogP contribution < -0.4 is 10.6 Å². The van der Waals surface area contributed by atoms with Crippen LogP contribution in [0.5, 0.6) is 0 Å². The number of anilines is 2. The molecule has 0 aliphatic heterocycles. The van der Waals surface area contributed by atoms with Gasteiger partial charge in [0.1, 0.15) is 0 Å². The normalized spacial score (nSPS) is 9.69. The summed E-state index contributed by atoms with van der Waals surface area (Å²) in [5.41, 5.74) is 8.95. The fraction of sp³-hybridized carbons (Fsp3) is 0.273. The molecule has 0 aliphatic carbocycles. The third-order valence-electron chi connectivity index (χ3n) is 2.00. The van der Waals surface area contributed by atoms with Gasteiger partial charge < -0.3 is 10.6 Å². The molecule has 0 heterocycles. The van der Waals surface area contributed by atoms with E-state index in [1.165, 1.54) is 5.56 Å². The molecule has 0 saturated heterocycles. The molecular weight excluding hydrogens is 160 g/mol. The van der Waals surface area contributed by atoms with Crippen LogP contribution in [0.2, 0.25) is 0 Å². The summed E-state index contributed by atoms with van der Waals surface area (Å²) >= 11 is 0. The Kier molecular flexibility index (Phi) is 2.96. The quantitative estimate of drug-likeness (QED) is 0.565. The Hall–Kier alpha value is -1.44. The highest BCUT2D eigenvalue weighted by atomic mass is 15.1. The molecule has 0 saturated carbocycles. The minimum atomic E-state index is 0.813. The van der Waals surface area contributed by atoms with Gasteiger partial charge in [-0.05, 0) is 24.6 Å². The topological polar surface area (TPSA) is 29.3 Å². The Morgan fingerprint density at radius 1 is 1.54 bits per heavy atom. The largest absolute Gasteiger partial charge is 0.397 e. The molecule has 2 nitrogen and oxygen atoms in total. The summed E-state index contributed by atoms with van der Waals surface area (Å²) < 4.78 is 0. The second kappa shape index (κ2) is 3.99. The van der Waals surface area contributed by atoms with Gasteiger partial charge in [0, 0.05) is 13.6 Å². The first-order valence-corrected chi connectivity index (χ1v) is 4.33. The lowest BCUT2D eigenvalue weighted by molar-refractivity contribution is 1.03. The van der Waals surface area contributed by atoms with Crippen LogP contribution in [-0.2, 0) is 0 Å². The van der Waals surface area contributed by atoms with Crippen LogP contribution in [0.3, 0.4) is 0 Å². The van der Waals surface area contributed by atoms with Crippen molar-refractivity contribution in [2.75, 3.05) is 24.2 Å². The molecule has 1 aromatic rings. The van der Waals surface area contributed by atoms with Crippen LogP contribution >= 0.6 is 0 Å². The van der Waals surface area contributed by atoms with E-state index in [0.29, 0.717) is 0 Å². The molecule has 1 aromatic carbocycles. The first-order valence-electron chi connectivity index (χ1n) is 4.33. The predicted octanol–water partition coefficient (Wildman–Crippen LogP) is 2.20. The predicted molar refractivity (Wildman–Crippen MR) is 59.1 cm³/mol. The minimum Gasteiger partial charge on any atom is -0.397 e. The van der Waals surface area contributed by atoms with Crippen LogP contribution in [0, 0.1) is 6.92 Å². The first-order chi connectivity index (χ1) is 6.15. The number of likely N-dealkylation sites (N-methyl/N-ethyl adjacent to an activating group) is 1. The lowest BCUT2D eigenvalue weighted by Crippen LogP contribution is -2.18. The van der Waals surface area contributed by atoms with Crippen molar-refractivity contribution >= 4 is 11.4 Å². The van der Waals surface area contributed by atoms with Gasteiger partial charge in [-0.3, -0.25) is 0 Å². The molecular formula is C11H16N2. The fourth-order valence-electron chi connectivity index (χ4n) is 1.28. The minimum absolute atomic E-state index is 0.813. The number of hydrogen-bond donors (Lipinski definition) is 1. The maximum absolute atomic E-state index is 5.84. The highest BCUT2D eigenvalue weighted by Crippen LogP contribution is 2.22. The number of aryl methyl sites for hydroxylation is 1. The molecule has 70 valence electrons. The average molecular weight is 176 g/mol. The van der Waals surface area contributed by atoms with E-state index in [1.807, 2.05) is 25.3 Å². The van der Waals surface area contributed by atoms with Crippen molar-refractivity contribution in [1.82, 2.24) is 0 Å². The molecule has 0 radical (unpaired) electrons. The Bertz CT molecular complexity index is 305. The van der Waals surface area contributed by atoms with Gasteiger partial charge in [-0.15, -0.1) is 6.58 Å². The molecule has 2 heteroatoms. The number of nitrogens with two attached hydrogens (primary N) is 1. The van der Waals surface area contributed by atoms with Crippen molar-refractivity contribution in [3.05, 3.63) is 36.4 Å². The second-order valence-corrected chi connectivity index (χ2v) is 3.23. The van der Waals surface area contributed by atoms with Gasteiger partial charge in [-0.1, -0.05) is 12.1 Å². The summed E-state index contributed by atoms with van der Waals surface area (Å²) in [5.74, 6) is 0. The van der Waals surface area contributed by atoms with E-state index in [2.05, 4.69) is 24.5 Å². The van der Waals surface area contributed by atoms with E-state index in [1.54, 1.807) is 0 Å². The van der Waals surface area contributed by atoms with Gasteiger partial charge in [-0.2, -0.15) is 0 Å². The van der Waals surface area contributed by atoms with E-state index >= 15 is 0 Å². The summed E-state index contributed by atoms with van der Waals surface area (Å²) in [6.45, 7) is 6.57. The van der Waals surface area contributed by atoms with Crippen molar-refractivity contribution in [1.29, 1.82) is 0 Å². The molecule has 0 unspecified atom stereocenters. The maximum atomic E-state index is 5.84. The van der Waals surface area contributed by atoms with E-state index in [0.717, 1.165) is 17.9 Å². The maximum Gasteiger partial charge on any atom is 0.0602 e. The summed E-state index contributed by atoms with van der Waals surface area (Å²) in [7, 11) is 2.01. The van der Waals surface area contributed by atoms with Crippen molar-refractivity contribution in [2.45, 2.75) is 6.92 Å². The van der Waals surface area contributed by atoms with Crippen LogP contribution in [0.4, 0.5) is 11.4 Å². The van der Waals surface area contributed by atoms with Gasteiger partial charge in [0.25, 0.3) is 0 Å². The van der Waals surface area contributed by atoms with Gasteiger partial charge in [0.05, 0.1) is 11.4 Å². The zero-order valence-electron chi connectivity index (χ0n) is 8.25. The number of rotatable bonds is 3. The van der Waals surface area contributed by atoms with Crippen molar-refractivity contribution in [2.24, 2.45) is 0 Å². The van der Waals surface area contributed by atoms with E-state index in [-0.39, 0.29) is 0 Å². The molecule has 13 heavy (non-hydrogen) atoms. The fourth-order valence-corrected chi connectivity index (χ4v) is 1.28. The number of nitrogens with zero attached hydrogens (tertiary/aromatic N) is 1. The average Bonchev–Trinajstić information content (AvgIpc) is 2.09. The van der Waals surface area contributed by atoms with Crippen molar-refractivity contribution in [3.8, 4) is 0 Å². The van der Waals surface area contributed by atoms with E-state index in [9.17, 15) is 0 Å². The molecule has 2 N–H and O–H groups in total. The number of benzene rings is 1. The Morgan fingerprint density at radius 3 is 2.85 bits per heavy atom. The van der Waals surface area contributed by atoms with E-state index < -0.39 is 0 Å². The molecule has 0 atom stereocenters. The van der Waals surface area contributed by atoms with Crippen LogP contribution in [0.1, 0.15) is 5.56 Å². The standard InChI is InChI=1S/C11H16N2/c1-4-7-13(3)11-8-9(2)5-6-10(11)12/h4-6,8H,1,7,12H2,2-3H3. The van der Waals surface area contributed by atoms with Crippen LogP contribution in [0.15, 0.2) is 30.9 Å². The summed E-state index contributed by atoms with van der Waals surface area (Å²) in [4.78, 5) is 2.08. The molecule has 0 spiro atoms. The zero-order chi connectivity index (χ0) is 9.84. The van der Waals surface area contributed by atoms with Gasteiger partial charge in [-0.25, -0.2) is 0 Å². The lowest BCUT2D eigenvalue weighted by atomic mass is 10.2. The molecule has 0 fully saturated rings. The monoisotopic (exact) mass is 176 g/mol. The van der Waals surface area contributed by atoms with Gasteiger partial charge in [0.15, 0.2) is 0 Å². The van der Waals surface area contributed by atoms with Crippen molar-refractivity contribution in [3.63, 3.8) is 0 Å². The highest BCUT2D eigenvalue weighted by Gasteiger charge is 2.02. The highest BCUT2D eigenvalue weighted by molar-refractivity contribution is 5.68. The Morgan fingerprint density at radius 2 is 2.23 bits per heavy atom. The smallest absolute Gasteiger partial charge is 0.0602 e. The molecule has 0 bridgehead atoms. The molecule has 0 amide bonds. The molecule has 0 aliphatic rings. The van der Waals surface area contributed by atoms with Crippen molar-refractivity contribution < 1.29 is 0 Å². The first kappa shape index (κ1) is 9.65. The third kappa shape index (κ3) is 2.25. The Balaban J connectivity index is 2.97. The van der Waals surface area contributed by atoms with Gasteiger partial charge >= 0.3 is 0 Å². The second-order valence-electron chi connectivity index (χ2n) is 3.23. The number of hydrogen-bond acceptors (Lipinski definition) is 2. The summed E-state index contributed by atoms with van der Waals surface area (Å²) in [5, 5.41) is 0. The summed E-state index contributed by atoms with van der Waals surface area (Å²) in [6.07, 6.45) is 1.86. The summed E-state index contributed by atoms with van der Waals surface area (Å²) in [6, 6.07) is 6.03. The van der Waals surface area contributed by atoms with E-state index in [4.69, 9.17) is 5.73 Å². The van der Waals surface area contributed by atoms with Crippen LogP contribution in [-0.4, -0.2) is 13.6 Å². The number of nitrogen functional groups attached to an aromatic ring is 1. The zero-order valence-corrected chi connectivity index (χ0v) is 8.25. The van der Waals surface area contributed by atoms with Gasteiger partial charge in [0.2, 0.25) is 0 Å². The SMILES string of the molecule is C=CCN(C)c1cc(C)ccc1N. The van der Waals surface area contributed by atoms with Crippen LogP contribution in [0.25, 0.3) is 0 Å². The molecule has 1 rings (SSSR count). The lowest BCUT2D eigenvalue weighted by Gasteiger charge is -2.19.